The van der Waals surface area contributed by atoms with E-state index in [1.807, 2.05) is 0 Å². The van der Waals surface area contributed by atoms with Gasteiger partial charge in [0.2, 0.25) is 5.91 Å². The summed E-state index contributed by atoms with van der Waals surface area (Å²) in [6.45, 7) is 0.155. The van der Waals surface area contributed by atoms with Crippen molar-refractivity contribution in [3.8, 4) is 0 Å². The normalized spacial score (nSPS) is 14.6. The molecule has 1 saturated heterocycles. The maximum absolute atomic E-state index is 13.7. The Morgan fingerprint density at radius 2 is 1.97 bits per heavy atom. The molecule has 4 aromatic rings. The standard InChI is InChI=1S/C23H20F3N7O2/c24-23(25,26)14-5-6-15(28-10-14)12-33(32-8-2-1-3-19(32)34)22(35)13-4-7-18-16(9-13)20-17(11-29-31-20)21(27)30-18/h4-7,9-11H,1-3,8,12H2,(H2,27,30)(H,29,31). The number of pyridine rings is 2. The van der Waals surface area contributed by atoms with Crippen molar-refractivity contribution in [3.05, 3.63) is 59.5 Å². The fourth-order valence-electron chi connectivity index (χ4n) is 4.14. The molecule has 5 rings (SSSR count). The Morgan fingerprint density at radius 3 is 2.69 bits per heavy atom. The highest BCUT2D eigenvalue weighted by atomic mass is 19.4. The second-order valence-electron chi connectivity index (χ2n) is 8.26. The van der Waals surface area contributed by atoms with E-state index in [4.69, 9.17) is 5.73 Å². The van der Waals surface area contributed by atoms with E-state index in [2.05, 4.69) is 20.2 Å². The lowest BCUT2D eigenvalue weighted by Gasteiger charge is -2.37. The number of H-pyrrole nitrogens is 1. The molecular formula is C23H20F3N7O2. The van der Waals surface area contributed by atoms with Gasteiger partial charge in [0, 0.05) is 30.1 Å². The number of rotatable bonds is 4. The number of amides is 2. The van der Waals surface area contributed by atoms with Crippen molar-refractivity contribution in [2.75, 3.05) is 12.3 Å². The quantitative estimate of drug-likeness (QED) is 0.457. The van der Waals surface area contributed by atoms with E-state index in [0.29, 0.717) is 47.0 Å². The summed E-state index contributed by atoms with van der Waals surface area (Å²) in [5.74, 6) is -0.426. The van der Waals surface area contributed by atoms with E-state index in [1.54, 1.807) is 24.4 Å². The van der Waals surface area contributed by atoms with Gasteiger partial charge in [0.05, 0.1) is 40.4 Å². The molecule has 0 atom stereocenters. The van der Waals surface area contributed by atoms with Crippen molar-refractivity contribution in [3.63, 3.8) is 0 Å². The first-order valence-electron chi connectivity index (χ1n) is 10.9. The maximum Gasteiger partial charge on any atom is 0.417 e. The van der Waals surface area contributed by atoms with Gasteiger partial charge in [0.15, 0.2) is 0 Å². The zero-order valence-electron chi connectivity index (χ0n) is 18.3. The number of anilines is 1. The summed E-state index contributed by atoms with van der Waals surface area (Å²) in [5.41, 5.74) is 6.75. The van der Waals surface area contributed by atoms with Gasteiger partial charge in [-0.2, -0.15) is 18.3 Å². The van der Waals surface area contributed by atoms with Gasteiger partial charge < -0.3 is 5.73 Å². The highest BCUT2D eigenvalue weighted by molar-refractivity contribution is 6.09. The number of hydrogen-bond donors (Lipinski definition) is 2. The zero-order valence-corrected chi connectivity index (χ0v) is 18.3. The molecule has 0 unspecified atom stereocenters. The van der Waals surface area contributed by atoms with Gasteiger partial charge in [-0.3, -0.25) is 24.7 Å². The van der Waals surface area contributed by atoms with Gasteiger partial charge in [-0.05, 0) is 43.2 Å². The third-order valence-electron chi connectivity index (χ3n) is 5.96. The number of aromatic amines is 1. The van der Waals surface area contributed by atoms with Gasteiger partial charge in [-0.15, -0.1) is 0 Å². The molecule has 1 aliphatic rings. The number of piperidine rings is 1. The first-order valence-corrected chi connectivity index (χ1v) is 10.9. The molecule has 0 aliphatic carbocycles. The van der Waals surface area contributed by atoms with E-state index in [-0.39, 0.29) is 30.1 Å². The van der Waals surface area contributed by atoms with E-state index in [9.17, 15) is 22.8 Å². The largest absolute Gasteiger partial charge is 0.417 e. The molecule has 0 spiro atoms. The number of halogens is 3. The van der Waals surface area contributed by atoms with Crippen LogP contribution in [0.5, 0.6) is 0 Å². The van der Waals surface area contributed by atoms with Crippen molar-refractivity contribution in [1.82, 2.24) is 30.2 Å². The summed E-state index contributed by atoms with van der Waals surface area (Å²) in [5, 5.41) is 10.7. The van der Waals surface area contributed by atoms with Crippen LogP contribution in [0.25, 0.3) is 21.8 Å². The average Bonchev–Trinajstić information content (AvgIpc) is 3.34. The van der Waals surface area contributed by atoms with Gasteiger partial charge in [-0.1, -0.05) is 0 Å². The number of nitrogens with zero attached hydrogens (tertiary/aromatic N) is 5. The minimum absolute atomic E-state index is 0.166. The average molecular weight is 483 g/mol. The van der Waals surface area contributed by atoms with Crippen LogP contribution in [0, 0.1) is 0 Å². The van der Waals surface area contributed by atoms with Crippen molar-refractivity contribution < 1.29 is 22.8 Å². The molecular weight excluding hydrogens is 463 g/mol. The van der Waals surface area contributed by atoms with Crippen molar-refractivity contribution >= 4 is 39.4 Å². The second kappa shape index (κ2) is 8.53. The van der Waals surface area contributed by atoms with Crippen LogP contribution in [0.4, 0.5) is 19.0 Å². The smallest absolute Gasteiger partial charge is 0.383 e. The molecule has 12 heteroatoms. The number of nitrogen functional groups attached to an aromatic ring is 1. The lowest BCUT2D eigenvalue weighted by molar-refractivity contribution is -0.148. The molecule has 0 radical (unpaired) electrons. The number of fused-ring (bicyclic) bond motifs is 3. The molecule has 1 fully saturated rings. The number of benzene rings is 1. The van der Waals surface area contributed by atoms with Crippen LogP contribution in [-0.2, 0) is 17.5 Å². The SMILES string of the molecule is Nc1nc2ccc(C(=O)N(Cc3ccc(C(F)(F)F)cn3)N3CCCCC3=O)cc2c2[nH]ncc12. The molecule has 35 heavy (non-hydrogen) atoms. The number of alkyl halides is 3. The molecule has 3 N–H and O–H groups in total. The minimum atomic E-state index is -4.52. The monoisotopic (exact) mass is 483 g/mol. The van der Waals surface area contributed by atoms with Crippen LogP contribution in [0.2, 0.25) is 0 Å². The zero-order chi connectivity index (χ0) is 24.7. The number of hydrazine groups is 1. The number of aromatic nitrogens is 4. The summed E-state index contributed by atoms with van der Waals surface area (Å²) in [6.07, 6.45) is -0.579. The van der Waals surface area contributed by atoms with Crippen LogP contribution in [0.15, 0.2) is 42.7 Å². The minimum Gasteiger partial charge on any atom is -0.383 e. The number of nitrogens with one attached hydrogen (secondary N) is 1. The summed E-state index contributed by atoms with van der Waals surface area (Å²) in [4.78, 5) is 34.6. The maximum atomic E-state index is 13.7. The summed E-state index contributed by atoms with van der Waals surface area (Å²) in [7, 11) is 0. The summed E-state index contributed by atoms with van der Waals surface area (Å²) in [6, 6.07) is 6.96. The molecule has 0 saturated carbocycles. The van der Waals surface area contributed by atoms with Crippen LogP contribution < -0.4 is 5.73 Å². The summed E-state index contributed by atoms with van der Waals surface area (Å²) < 4.78 is 38.8. The molecule has 180 valence electrons. The molecule has 9 nitrogen and oxygen atoms in total. The van der Waals surface area contributed by atoms with E-state index >= 15 is 0 Å². The third kappa shape index (κ3) is 4.22. The molecule has 4 heterocycles. The number of carbonyl (C=O) groups excluding carboxylic acids is 2. The number of carbonyl (C=O) groups is 2. The van der Waals surface area contributed by atoms with Gasteiger partial charge in [-0.25, -0.2) is 9.99 Å². The Balaban J connectivity index is 1.53. The van der Waals surface area contributed by atoms with E-state index in [1.165, 1.54) is 16.1 Å². The highest BCUT2D eigenvalue weighted by Gasteiger charge is 2.32. The fourth-order valence-corrected chi connectivity index (χ4v) is 4.14. The summed E-state index contributed by atoms with van der Waals surface area (Å²) >= 11 is 0. The van der Waals surface area contributed by atoms with Crippen molar-refractivity contribution in [1.29, 1.82) is 0 Å². The molecule has 2 amide bonds. The first kappa shape index (κ1) is 22.6. The third-order valence-corrected chi connectivity index (χ3v) is 5.96. The Morgan fingerprint density at radius 1 is 1.14 bits per heavy atom. The van der Waals surface area contributed by atoms with Crippen molar-refractivity contribution in [2.24, 2.45) is 0 Å². The first-order chi connectivity index (χ1) is 16.7. The Labute approximate surface area is 196 Å². The number of nitrogens with two attached hydrogens (primary N) is 1. The van der Waals surface area contributed by atoms with E-state index < -0.39 is 17.6 Å². The Bertz CT molecular complexity index is 1430. The predicted octanol–water partition coefficient (Wildman–Crippen LogP) is 3.68. The number of hydrogen-bond acceptors (Lipinski definition) is 6. The molecule has 0 bridgehead atoms. The lowest BCUT2D eigenvalue weighted by Crippen LogP contribution is -2.51. The van der Waals surface area contributed by atoms with Crippen LogP contribution in [0.3, 0.4) is 0 Å². The highest BCUT2D eigenvalue weighted by Crippen LogP contribution is 2.30. The van der Waals surface area contributed by atoms with Gasteiger partial charge in [0.1, 0.15) is 5.82 Å². The Hall–Kier alpha value is -4.22. The van der Waals surface area contributed by atoms with Crippen molar-refractivity contribution in [2.45, 2.75) is 32.0 Å². The predicted molar refractivity (Wildman–Crippen MR) is 120 cm³/mol. The molecule has 1 aliphatic heterocycles. The molecule has 1 aromatic carbocycles. The van der Waals surface area contributed by atoms with Crippen LogP contribution in [-0.4, -0.2) is 48.5 Å². The Kier molecular flexibility index (Phi) is 5.50. The van der Waals surface area contributed by atoms with Gasteiger partial charge >= 0.3 is 6.18 Å². The van der Waals surface area contributed by atoms with Crippen LogP contribution in [0.1, 0.15) is 40.9 Å². The second-order valence-corrected chi connectivity index (χ2v) is 8.26. The molecule has 3 aromatic heterocycles. The topological polar surface area (TPSA) is 121 Å². The van der Waals surface area contributed by atoms with E-state index in [0.717, 1.165) is 12.3 Å². The van der Waals surface area contributed by atoms with Gasteiger partial charge in [0.25, 0.3) is 5.91 Å². The van der Waals surface area contributed by atoms with Crippen LogP contribution >= 0.6 is 0 Å². The lowest BCUT2D eigenvalue weighted by atomic mass is 10.1. The fraction of sp³-hybridized carbons (Fsp3) is 0.261.